The fourth-order valence-corrected chi connectivity index (χ4v) is 5.16. The van der Waals surface area contributed by atoms with Crippen molar-refractivity contribution < 1.29 is 47.0 Å². The Morgan fingerprint density at radius 3 is 2.53 bits per heavy atom. The van der Waals surface area contributed by atoms with E-state index in [1.807, 2.05) is 0 Å². The highest BCUT2D eigenvalue weighted by molar-refractivity contribution is 5.97. The molecule has 2 fully saturated rings. The number of hydrogen-bond donors (Lipinski definition) is 2. The van der Waals surface area contributed by atoms with Crippen molar-refractivity contribution in [3.05, 3.63) is 54.3 Å². The summed E-state index contributed by atoms with van der Waals surface area (Å²) in [6.45, 7) is 0.969. The molecule has 4 heterocycles. The van der Waals surface area contributed by atoms with Crippen LogP contribution in [0.15, 0.2) is 47.6 Å². The van der Waals surface area contributed by atoms with Crippen molar-refractivity contribution in [1.82, 2.24) is 29.3 Å². The molecule has 1 aromatic carbocycles. The van der Waals surface area contributed by atoms with Crippen LogP contribution in [0.25, 0.3) is 16.9 Å². The molecule has 1 saturated carbocycles. The Hall–Kier alpha value is -4.86. The van der Waals surface area contributed by atoms with Gasteiger partial charge in [0.2, 0.25) is 5.65 Å². The molecule has 1 unspecified atom stereocenters. The van der Waals surface area contributed by atoms with E-state index in [1.54, 1.807) is 0 Å². The molecule has 16 heteroatoms. The standard InChI is InChI=1S/C27H25F3N6O7/c28-27(29,30)22-19(14-41-33-22)20-13-32-23-24(31-5-6-36(20)23)42-17-3-4-18(21(38)12-17)25(39)34-7-9-35(10-8-34)26(40)43-16-2-1-15(37)11-16/h3-6,12-16,37-38H,1-2,7-11H2/t15-,16?/m0/s1. The van der Waals surface area contributed by atoms with E-state index in [4.69, 9.17) is 9.47 Å². The summed E-state index contributed by atoms with van der Waals surface area (Å²) in [6, 6.07) is 4.03. The predicted molar refractivity (Wildman–Crippen MR) is 139 cm³/mol. The van der Waals surface area contributed by atoms with E-state index in [0.717, 1.165) is 6.26 Å². The molecule has 43 heavy (non-hydrogen) atoms. The lowest BCUT2D eigenvalue weighted by atomic mass is 10.1. The van der Waals surface area contributed by atoms with E-state index in [0.29, 0.717) is 19.3 Å². The Morgan fingerprint density at radius 2 is 1.84 bits per heavy atom. The number of fused-ring (bicyclic) bond motifs is 1. The molecule has 2 amide bonds. The highest BCUT2D eigenvalue weighted by Gasteiger charge is 2.39. The number of aromatic nitrogens is 4. The zero-order chi connectivity index (χ0) is 30.3. The molecule has 1 aliphatic heterocycles. The van der Waals surface area contributed by atoms with Gasteiger partial charge >= 0.3 is 12.3 Å². The quantitative estimate of drug-likeness (QED) is 0.345. The number of alkyl halides is 3. The maximum absolute atomic E-state index is 13.3. The van der Waals surface area contributed by atoms with Crippen molar-refractivity contribution in [3.63, 3.8) is 0 Å². The molecule has 2 atom stereocenters. The highest BCUT2D eigenvalue weighted by atomic mass is 19.4. The van der Waals surface area contributed by atoms with Gasteiger partial charge in [-0.2, -0.15) is 13.2 Å². The van der Waals surface area contributed by atoms with Crippen LogP contribution in [0.1, 0.15) is 35.3 Å². The first kappa shape index (κ1) is 28.3. The average Bonchev–Trinajstić information content (AvgIpc) is 3.73. The monoisotopic (exact) mass is 602 g/mol. The molecular weight excluding hydrogens is 577 g/mol. The molecule has 2 N–H and O–H groups in total. The Bertz CT molecular complexity index is 1660. The normalized spacial score (nSPS) is 19.2. The van der Waals surface area contributed by atoms with Crippen molar-refractivity contribution in [3.8, 4) is 28.6 Å². The van der Waals surface area contributed by atoms with Gasteiger partial charge in [0.1, 0.15) is 23.9 Å². The number of carbonyl (C=O) groups excluding carboxylic acids is 2. The third-order valence-corrected chi connectivity index (χ3v) is 7.37. The van der Waals surface area contributed by atoms with Gasteiger partial charge in [-0.05, 0) is 25.0 Å². The summed E-state index contributed by atoms with van der Waals surface area (Å²) < 4.78 is 57.1. The summed E-state index contributed by atoms with van der Waals surface area (Å²) in [5, 5.41) is 23.3. The van der Waals surface area contributed by atoms with E-state index >= 15 is 0 Å². The Morgan fingerprint density at radius 1 is 1.07 bits per heavy atom. The van der Waals surface area contributed by atoms with Gasteiger partial charge in [0.15, 0.2) is 5.69 Å². The maximum atomic E-state index is 13.3. The Balaban J connectivity index is 1.12. The molecule has 0 bridgehead atoms. The molecule has 6 rings (SSSR count). The van der Waals surface area contributed by atoms with Gasteiger partial charge < -0.3 is 34.0 Å². The first-order valence-electron chi connectivity index (χ1n) is 13.4. The number of ether oxygens (including phenoxy) is 2. The van der Waals surface area contributed by atoms with E-state index in [1.165, 1.54) is 51.0 Å². The van der Waals surface area contributed by atoms with E-state index < -0.39 is 30.0 Å². The van der Waals surface area contributed by atoms with Crippen LogP contribution in [-0.4, -0.2) is 89.9 Å². The second kappa shape index (κ2) is 11.1. The number of halogens is 3. The number of hydrogen-bond acceptors (Lipinski definition) is 10. The molecule has 13 nitrogen and oxygen atoms in total. The number of piperazine rings is 1. The molecule has 0 radical (unpaired) electrons. The maximum Gasteiger partial charge on any atom is 0.437 e. The van der Waals surface area contributed by atoms with Crippen LogP contribution >= 0.6 is 0 Å². The number of benzene rings is 1. The van der Waals surface area contributed by atoms with Crippen molar-refractivity contribution in [2.75, 3.05) is 26.2 Å². The summed E-state index contributed by atoms with van der Waals surface area (Å²) in [6.07, 6.45) is 0.413. The average molecular weight is 603 g/mol. The zero-order valence-electron chi connectivity index (χ0n) is 22.4. The second-order valence-electron chi connectivity index (χ2n) is 10.2. The van der Waals surface area contributed by atoms with Crippen LogP contribution in [0.5, 0.6) is 17.4 Å². The number of phenols is 1. The van der Waals surface area contributed by atoms with Crippen LogP contribution in [-0.2, 0) is 10.9 Å². The molecule has 0 spiro atoms. The molecule has 1 aliphatic carbocycles. The van der Waals surface area contributed by atoms with Crippen molar-refractivity contribution >= 4 is 17.6 Å². The summed E-state index contributed by atoms with van der Waals surface area (Å²) in [5.41, 5.74) is -1.36. The summed E-state index contributed by atoms with van der Waals surface area (Å²) >= 11 is 0. The van der Waals surface area contributed by atoms with Crippen molar-refractivity contribution in [1.29, 1.82) is 0 Å². The van der Waals surface area contributed by atoms with E-state index in [2.05, 4.69) is 19.6 Å². The molecule has 226 valence electrons. The number of rotatable bonds is 5. The minimum atomic E-state index is -4.74. The van der Waals surface area contributed by atoms with Gasteiger partial charge in [0.05, 0.1) is 29.1 Å². The molecule has 4 aromatic rings. The first-order valence-corrected chi connectivity index (χ1v) is 13.4. The largest absolute Gasteiger partial charge is 0.507 e. The number of nitrogens with zero attached hydrogens (tertiary/aromatic N) is 6. The summed E-state index contributed by atoms with van der Waals surface area (Å²) in [7, 11) is 0. The van der Waals surface area contributed by atoms with Crippen LogP contribution in [0.4, 0.5) is 18.0 Å². The lowest BCUT2D eigenvalue weighted by Crippen LogP contribution is -2.51. The molecule has 3 aromatic heterocycles. The lowest BCUT2D eigenvalue weighted by Gasteiger charge is -2.34. The number of aliphatic hydroxyl groups excluding tert-OH is 1. The number of aromatic hydroxyl groups is 1. The fraction of sp³-hybridized carbons (Fsp3) is 0.370. The Labute approximate surface area is 241 Å². The number of phenolic OH excluding ortho intramolecular Hbond substituents is 1. The van der Waals surface area contributed by atoms with E-state index in [-0.39, 0.29) is 72.1 Å². The van der Waals surface area contributed by atoms with Crippen LogP contribution in [0, 0.1) is 0 Å². The van der Waals surface area contributed by atoms with Gasteiger partial charge in [0.25, 0.3) is 11.8 Å². The zero-order valence-corrected chi connectivity index (χ0v) is 22.4. The van der Waals surface area contributed by atoms with Crippen LogP contribution < -0.4 is 4.74 Å². The second-order valence-corrected chi connectivity index (χ2v) is 10.2. The number of aliphatic hydroxyl groups is 1. The van der Waals surface area contributed by atoms with Gasteiger partial charge in [-0.3, -0.25) is 9.20 Å². The third kappa shape index (κ3) is 5.64. The molecule has 2 aliphatic rings. The predicted octanol–water partition coefficient (Wildman–Crippen LogP) is 3.71. The topological polar surface area (TPSA) is 156 Å². The molecule has 1 saturated heterocycles. The Kier molecular flexibility index (Phi) is 7.29. The first-order chi connectivity index (χ1) is 20.6. The third-order valence-electron chi connectivity index (χ3n) is 7.37. The van der Waals surface area contributed by atoms with Gasteiger partial charge in [-0.25, -0.2) is 14.8 Å². The van der Waals surface area contributed by atoms with Crippen molar-refractivity contribution in [2.45, 2.75) is 37.6 Å². The fourth-order valence-electron chi connectivity index (χ4n) is 5.16. The number of imidazole rings is 1. The SMILES string of the molecule is O=C(OC1CC[C@H](O)C1)N1CCN(C(=O)c2ccc(Oc3nccn4c(-c5conc5C(F)(F)F)cnc34)cc2O)CC1. The number of amides is 2. The minimum Gasteiger partial charge on any atom is -0.507 e. The van der Waals surface area contributed by atoms with Crippen LogP contribution in [0.2, 0.25) is 0 Å². The van der Waals surface area contributed by atoms with Gasteiger partial charge in [-0.15, -0.1) is 0 Å². The van der Waals surface area contributed by atoms with E-state index in [9.17, 15) is 33.0 Å². The lowest BCUT2D eigenvalue weighted by molar-refractivity contribution is -0.142. The van der Waals surface area contributed by atoms with Crippen LogP contribution in [0.3, 0.4) is 0 Å². The summed E-state index contributed by atoms with van der Waals surface area (Å²) in [4.78, 5) is 36.8. The minimum absolute atomic E-state index is 0.0183. The number of carbonyl (C=O) groups is 2. The smallest absolute Gasteiger partial charge is 0.437 e. The molecular formula is C27H25F3N6O7. The summed E-state index contributed by atoms with van der Waals surface area (Å²) in [5.74, 6) is -0.764. The van der Waals surface area contributed by atoms with Gasteiger partial charge in [-0.1, -0.05) is 5.16 Å². The highest BCUT2D eigenvalue weighted by Crippen LogP contribution is 2.37. The van der Waals surface area contributed by atoms with Gasteiger partial charge in [0, 0.05) is 51.1 Å². The van der Waals surface area contributed by atoms with Crippen molar-refractivity contribution in [2.24, 2.45) is 0 Å².